The molecule has 8 rings (SSSR count). The molecule has 0 spiro atoms. The number of amidine groups is 1. The monoisotopic (exact) mass is 577 g/mol. The van der Waals surface area contributed by atoms with Gasteiger partial charge in [0, 0.05) is 36.1 Å². The van der Waals surface area contributed by atoms with Crippen molar-refractivity contribution in [3.63, 3.8) is 0 Å². The Morgan fingerprint density at radius 2 is 1.22 bits per heavy atom. The van der Waals surface area contributed by atoms with Gasteiger partial charge in [0.05, 0.1) is 11.7 Å². The molecule has 0 fully saturated rings. The van der Waals surface area contributed by atoms with Gasteiger partial charge in [-0.15, -0.1) is 0 Å². The van der Waals surface area contributed by atoms with Crippen LogP contribution in [0.5, 0.6) is 0 Å². The molecule has 3 heteroatoms. The van der Waals surface area contributed by atoms with Crippen LogP contribution >= 0.6 is 0 Å². The lowest BCUT2D eigenvalue weighted by Crippen LogP contribution is -2.33. The van der Waals surface area contributed by atoms with Gasteiger partial charge in [0.15, 0.2) is 0 Å². The van der Waals surface area contributed by atoms with E-state index in [9.17, 15) is 0 Å². The van der Waals surface area contributed by atoms with Crippen molar-refractivity contribution in [3.05, 3.63) is 181 Å². The van der Waals surface area contributed by atoms with Gasteiger partial charge >= 0.3 is 0 Å². The molecule has 3 nitrogen and oxygen atoms in total. The fourth-order valence-electron chi connectivity index (χ4n) is 6.53. The third kappa shape index (κ3) is 4.99. The molecule has 0 radical (unpaired) electrons. The third-order valence-corrected chi connectivity index (χ3v) is 8.79. The summed E-state index contributed by atoms with van der Waals surface area (Å²) in [6.45, 7) is 0. The molecule has 1 atom stereocenters. The van der Waals surface area contributed by atoms with E-state index in [-0.39, 0.29) is 6.04 Å². The summed E-state index contributed by atoms with van der Waals surface area (Å²) in [5.41, 5.74) is 9.02. The van der Waals surface area contributed by atoms with E-state index in [1.807, 2.05) is 18.5 Å². The molecular formula is C42H31N3. The van der Waals surface area contributed by atoms with Gasteiger partial charge in [-0.1, -0.05) is 121 Å². The summed E-state index contributed by atoms with van der Waals surface area (Å²) in [6, 6.07) is 51.9. The van der Waals surface area contributed by atoms with Crippen LogP contribution in [-0.2, 0) is 0 Å². The maximum atomic E-state index is 5.26. The fraction of sp³-hybridized carbons (Fsp3) is 0.0476. The molecule has 0 amide bonds. The minimum atomic E-state index is -0.0126. The van der Waals surface area contributed by atoms with Gasteiger partial charge in [0.25, 0.3) is 0 Å². The third-order valence-electron chi connectivity index (χ3n) is 8.79. The number of fused-ring (bicyclic) bond motifs is 3. The van der Waals surface area contributed by atoms with Crippen molar-refractivity contribution in [1.82, 2.24) is 9.88 Å². The van der Waals surface area contributed by atoms with Crippen LogP contribution in [0.15, 0.2) is 169 Å². The van der Waals surface area contributed by atoms with E-state index < -0.39 is 0 Å². The number of benzene rings is 6. The number of likely N-dealkylation sites (N-methyl/N-ethyl adjacent to an activating group) is 1. The normalized spacial score (nSPS) is 14.8. The van der Waals surface area contributed by atoms with Crippen LogP contribution in [0.2, 0.25) is 0 Å². The van der Waals surface area contributed by atoms with Crippen LogP contribution in [0.3, 0.4) is 0 Å². The molecule has 6 aromatic carbocycles. The summed E-state index contributed by atoms with van der Waals surface area (Å²) < 4.78 is 0. The second-order valence-electron chi connectivity index (χ2n) is 11.5. The number of hydrogen-bond donors (Lipinski definition) is 0. The average Bonchev–Trinajstić information content (AvgIpc) is 3.12. The fourth-order valence-corrected chi connectivity index (χ4v) is 6.53. The smallest absolute Gasteiger partial charge is 0.137 e. The summed E-state index contributed by atoms with van der Waals surface area (Å²) in [6.07, 6.45) is 6.01. The first-order chi connectivity index (χ1) is 22.2. The highest BCUT2D eigenvalue weighted by Crippen LogP contribution is 2.38. The van der Waals surface area contributed by atoms with E-state index in [0.29, 0.717) is 0 Å². The highest BCUT2D eigenvalue weighted by molar-refractivity contribution is 6.13. The second kappa shape index (κ2) is 11.4. The van der Waals surface area contributed by atoms with E-state index in [1.165, 1.54) is 38.2 Å². The Bertz CT molecular complexity index is 2230. The Morgan fingerprint density at radius 1 is 0.533 bits per heavy atom. The highest BCUT2D eigenvalue weighted by Gasteiger charge is 2.26. The van der Waals surface area contributed by atoms with E-state index in [2.05, 4.69) is 163 Å². The minimum absolute atomic E-state index is 0.0126. The van der Waals surface area contributed by atoms with Crippen molar-refractivity contribution in [2.24, 2.45) is 4.99 Å². The minimum Gasteiger partial charge on any atom is -0.349 e. The molecule has 45 heavy (non-hydrogen) atoms. The summed E-state index contributed by atoms with van der Waals surface area (Å²) >= 11 is 0. The number of hydrogen-bond acceptors (Lipinski definition) is 3. The maximum Gasteiger partial charge on any atom is 0.137 e. The molecule has 0 N–H and O–H groups in total. The molecule has 1 aliphatic heterocycles. The van der Waals surface area contributed by atoms with Crippen LogP contribution in [0.1, 0.15) is 22.7 Å². The van der Waals surface area contributed by atoms with Gasteiger partial charge in [-0.25, -0.2) is 4.99 Å². The first-order valence-corrected chi connectivity index (χ1v) is 15.3. The molecule has 2 heterocycles. The predicted molar refractivity (Wildman–Crippen MR) is 188 cm³/mol. The second-order valence-corrected chi connectivity index (χ2v) is 11.5. The van der Waals surface area contributed by atoms with E-state index in [1.54, 1.807) is 0 Å². The number of nitrogens with zero attached hydrogens (tertiary/aromatic N) is 3. The molecule has 0 saturated carbocycles. The Kier molecular flexibility index (Phi) is 6.77. The summed E-state index contributed by atoms with van der Waals surface area (Å²) in [4.78, 5) is 11.9. The van der Waals surface area contributed by atoms with Crippen LogP contribution in [0.25, 0.3) is 49.5 Å². The van der Waals surface area contributed by atoms with Gasteiger partial charge in [-0.3, -0.25) is 4.98 Å². The topological polar surface area (TPSA) is 28.5 Å². The lowest BCUT2D eigenvalue weighted by molar-refractivity contribution is 0.435. The number of pyridine rings is 1. The summed E-state index contributed by atoms with van der Waals surface area (Å²) in [5.74, 6) is 0.950. The quantitative estimate of drug-likeness (QED) is 0.190. The van der Waals surface area contributed by atoms with Crippen LogP contribution < -0.4 is 0 Å². The van der Waals surface area contributed by atoms with E-state index in [4.69, 9.17) is 4.99 Å². The van der Waals surface area contributed by atoms with Gasteiger partial charge in [0.2, 0.25) is 0 Å². The van der Waals surface area contributed by atoms with Crippen LogP contribution in [0.4, 0.5) is 0 Å². The Balaban J connectivity index is 1.27. The molecule has 0 bridgehead atoms. The SMILES string of the molecule is CN1C(c2ccccc2)=NC(c2cccc(-c3cccnc3)c2)=CC1c1cccc(-c2cc3ccccc3c3ccccc23)c1. The van der Waals surface area contributed by atoms with Crippen molar-refractivity contribution in [3.8, 4) is 22.3 Å². The van der Waals surface area contributed by atoms with Crippen molar-refractivity contribution < 1.29 is 0 Å². The van der Waals surface area contributed by atoms with Gasteiger partial charge < -0.3 is 4.90 Å². The molecule has 1 unspecified atom stereocenters. The number of aliphatic imine (C=N–C) groups is 1. The number of aromatic nitrogens is 1. The average molecular weight is 578 g/mol. The molecule has 7 aromatic rings. The van der Waals surface area contributed by atoms with Gasteiger partial charge in [0.1, 0.15) is 5.84 Å². The summed E-state index contributed by atoms with van der Waals surface area (Å²) in [5, 5.41) is 5.07. The Labute approximate surface area is 263 Å². The zero-order valence-corrected chi connectivity index (χ0v) is 25.0. The zero-order valence-electron chi connectivity index (χ0n) is 25.0. The predicted octanol–water partition coefficient (Wildman–Crippen LogP) is 10.2. The lowest BCUT2D eigenvalue weighted by Gasteiger charge is -2.33. The Hall–Kier alpha value is -5.80. The lowest BCUT2D eigenvalue weighted by atomic mass is 9.91. The largest absolute Gasteiger partial charge is 0.349 e. The van der Waals surface area contributed by atoms with Gasteiger partial charge in [-0.2, -0.15) is 0 Å². The molecule has 0 aliphatic carbocycles. The van der Waals surface area contributed by atoms with Crippen molar-refractivity contribution in [2.45, 2.75) is 6.04 Å². The highest BCUT2D eigenvalue weighted by atomic mass is 15.2. The molecule has 1 aromatic heterocycles. The van der Waals surface area contributed by atoms with Crippen molar-refractivity contribution >= 4 is 33.1 Å². The standard InChI is InChI=1S/C42H31N3/c1-45-41(34-18-10-16-31(25-34)39-26-32-14-5-6-20-36(32)37-21-7-8-22-38(37)39)27-40(44-42(45)29-12-3-2-4-13-29)33-17-9-15-30(24-33)35-19-11-23-43-28-35/h2-28,41H,1H3. The van der Waals surface area contributed by atoms with Crippen molar-refractivity contribution in [2.75, 3.05) is 7.05 Å². The first kappa shape index (κ1) is 26.8. The number of rotatable bonds is 5. The maximum absolute atomic E-state index is 5.26. The van der Waals surface area contributed by atoms with Crippen LogP contribution in [-0.4, -0.2) is 22.8 Å². The molecule has 1 aliphatic rings. The zero-order chi connectivity index (χ0) is 30.2. The van der Waals surface area contributed by atoms with E-state index in [0.717, 1.165) is 33.8 Å². The molecule has 214 valence electrons. The van der Waals surface area contributed by atoms with E-state index >= 15 is 0 Å². The van der Waals surface area contributed by atoms with Gasteiger partial charge in [-0.05, 0) is 74.1 Å². The van der Waals surface area contributed by atoms with Crippen molar-refractivity contribution in [1.29, 1.82) is 0 Å². The Morgan fingerprint density at radius 3 is 2.07 bits per heavy atom. The molecular weight excluding hydrogens is 546 g/mol. The first-order valence-electron chi connectivity index (χ1n) is 15.3. The summed E-state index contributed by atoms with van der Waals surface area (Å²) in [7, 11) is 2.15. The van der Waals surface area contributed by atoms with Crippen LogP contribution in [0, 0.1) is 0 Å². The molecule has 0 saturated heterocycles.